The van der Waals surface area contributed by atoms with Gasteiger partial charge in [-0.05, 0) is 42.7 Å². The minimum absolute atomic E-state index is 0.0557. The molecule has 0 N–H and O–H groups in total. The number of carbonyl (C=O) groups excluding carboxylic acids is 3. The number of ketones is 1. The highest BCUT2D eigenvalue weighted by Crippen LogP contribution is 2.65. The molecule has 1 aromatic rings. The third-order valence-electron chi connectivity index (χ3n) is 6.66. The minimum atomic E-state index is -1.33. The van der Waals surface area contributed by atoms with Crippen LogP contribution in [-0.2, 0) is 19.1 Å². The van der Waals surface area contributed by atoms with Gasteiger partial charge in [0.2, 0.25) is 0 Å². The molecule has 1 saturated carbocycles. The van der Waals surface area contributed by atoms with Crippen molar-refractivity contribution in [2.45, 2.75) is 39.5 Å². The molecule has 8 nitrogen and oxygen atoms in total. The number of rotatable bonds is 7. The van der Waals surface area contributed by atoms with Gasteiger partial charge in [-0.25, -0.2) is 0 Å². The molecule has 0 heterocycles. The Hall–Kier alpha value is -3.03. The lowest BCUT2D eigenvalue weighted by molar-refractivity contribution is -0.384. The van der Waals surface area contributed by atoms with Gasteiger partial charge in [-0.3, -0.25) is 24.5 Å². The summed E-state index contributed by atoms with van der Waals surface area (Å²) in [7, 11) is 2.52. The van der Waals surface area contributed by atoms with Crippen molar-refractivity contribution in [3.63, 3.8) is 0 Å². The van der Waals surface area contributed by atoms with E-state index in [2.05, 4.69) is 13.8 Å². The summed E-state index contributed by atoms with van der Waals surface area (Å²) >= 11 is 0. The van der Waals surface area contributed by atoms with Crippen LogP contribution < -0.4 is 0 Å². The van der Waals surface area contributed by atoms with E-state index >= 15 is 0 Å². The van der Waals surface area contributed by atoms with Crippen molar-refractivity contribution in [3.8, 4) is 0 Å². The van der Waals surface area contributed by atoms with Crippen molar-refractivity contribution in [2.24, 2.45) is 16.7 Å². The molecule has 30 heavy (non-hydrogen) atoms. The van der Waals surface area contributed by atoms with Crippen LogP contribution in [0.3, 0.4) is 0 Å². The minimum Gasteiger partial charge on any atom is -0.468 e. The fourth-order valence-corrected chi connectivity index (χ4v) is 4.97. The Morgan fingerprint density at radius 3 is 2.17 bits per heavy atom. The molecule has 2 aliphatic rings. The predicted octanol–water partition coefficient (Wildman–Crippen LogP) is 3.64. The van der Waals surface area contributed by atoms with Gasteiger partial charge in [0.05, 0.1) is 19.1 Å². The van der Waals surface area contributed by atoms with Gasteiger partial charge < -0.3 is 9.47 Å². The predicted molar refractivity (Wildman–Crippen MR) is 107 cm³/mol. The van der Waals surface area contributed by atoms with Crippen LogP contribution in [0.1, 0.15) is 49.9 Å². The van der Waals surface area contributed by atoms with Crippen LogP contribution in [0.2, 0.25) is 0 Å². The maximum Gasteiger partial charge on any atom is 0.323 e. The molecular weight excluding hydrogens is 390 g/mol. The number of carbonyl (C=O) groups is 3. The van der Waals surface area contributed by atoms with Gasteiger partial charge in [-0.2, -0.15) is 0 Å². The lowest BCUT2D eigenvalue weighted by Crippen LogP contribution is -2.40. The number of nitrogens with zero attached hydrogens (tertiary/aromatic N) is 1. The number of hydrogen-bond acceptors (Lipinski definition) is 7. The smallest absolute Gasteiger partial charge is 0.323 e. The summed E-state index contributed by atoms with van der Waals surface area (Å²) in [5.41, 5.74) is 0.904. The molecule has 0 spiro atoms. The van der Waals surface area contributed by atoms with Crippen LogP contribution in [0.15, 0.2) is 35.4 Å². The van der Waals surface area contributed by atoms with E-state index in [1.165, 1.54) is 38.5 Å². The van der Waals surface area contributed by atoms with E-state index in [1.807, 2.05) is 0 Å². The van der Waals surface area contributed by atoms with Gasteiger partial charge in [-0.15, -0.1) is 0 Å². The Kier molecular flexibility index (Phi) is 5.54. The van der Waals surface area contributed by atoms with Crippen molar-refractivity contribution in [1.82, 2.24) is 0 Å². The van der Waals surface area contributed by atoms with Crippen molar-refractivity contribution >= 4 is 23.4 Å². The van der Waals surface area contributed by atoms with Gasteiger partial charge in [0.1, 0.15) is 0 Å². The first-order valence-electron chi connectivity index (χ1n) is 9.75. The van der Waals surface area contributed by atoms with Crippen LogP contribution in [0.25, 0.3) is 0 Å². The van der Waals surface area contributed by atoms with Crippen LogP contribution >= 0.6 is 0 Å². The molecule has 1 fully saturated rings. The normalized spacial score (nSPS) is 20.7. The van der Waals surface area contributed by atoms with E-state index in [0.29, 0.717) is 18.4 Å². The zero-order chi connectivity index (χ0) is 22.3. The molecule has 0 saturated heterocycles. The van der Waals surface area contributed by atoms with Gasteiger partial charge in [0.25, 0.3) is 5.69 Å². The lowest BCUT2D eigenvalue weighted by Gasteiger charge is -2.46. The largest absolute Gasteiger partial charge is 0.468 e. The molecule has 3 rings (SSSR count). The van der Waals surface area contributed by atoms with Gasteiger partial charge >= 0.3 is 11.9 Å². The molecule has 0 amide bonds. The molecule has 1 unspecified atom stereocenters. The van der Waals surface area contributed by atoms with Crippen LogP contribution in [-0.4, -0.2) is 36.9 Å². The first-order valence-corrected chi connectivity index (χ1v) is 9.75. The second-order valence-electron chi connectivity index (χ2n) is 8.45. The Morgan fingerprint density at radius 2 is 1.67 bits per heavy atom. The number of ether oxygens (including phenoxy) is 2. The maximum absolute atomic E-state index is 12.6. The quantitative estimate of drug-likeness (QED) is 0.167. The summed E-state index contributed by atoms with van der Waals surface area (Å²) in [5.74, 6) is -1.23. The summed E-state index contributed by atoms with van der Waals surface area (Å²) < 4.78 is 9.81. The zero-order valence-corrected chi connectivity index (χ0v) is 17.5. The number of methoxy groups -OCH3 is 2. The van der Waals surface area contributed by atoms with Gasteiger partial charge in [-0.1, -0.05) is 25.0 Å². The Bertz CT molecular complexity index is 927. The number of Topliss-reactive ketones (excluding diaryl/α,β-unsaturated/α-hetero) is 1. The van der Waals surface area contributed by atoms with Gasteiger partial charge in [0, 0.05) is 24.1 Å². The fraction of sp³-hybridized carbons (Fsp3) is 0.500. The summed E-state index contributed by atoms with van der Waals surface area (Å²) in [6.07, 6.45) is 1.35. The zero-order valence-electron chi connectivity index (χ0n) is 17.5. The fourth-order valence-electron chi connectivity index (χ4n) is 4.97. The average Bonchev–Trinajstić information content (AvgIpc) is 3.11. The van der Waals surface area contributed by atoms with Crippen LogP contribution in [0, 0.1) is 26.9 Å². The van der Waals surface area contributed by atoms with E-state index in [0.717, 1.165) is 11.1 Å². The highest BCUT2D eigenvalue weighted by molar-refractivity contribution is 6.01. The molecular formula is C22H25NO7. The highest BCUT2D eigenvalue weighted by atomic mass is 16.6. The third kappa shape index (κ3) is 3.30. The summed E-state index contributed by atoms with van der Waals surface area (Å²) in [4.78, 5) is 47.7. The standard InChI is InChI=1S/C22H25NO7/c1-21(2)16(9-10-18(24)13-5-7-14(8-6-13)23(27)28)15-11-22(12-17(15)21,19(25)29-3)20(26)30-4/h5-8,17H,9-12H2,1-4H3. The van der Waals surface area contributed by atoms with Crippen molar-refractivity contribution < 1.29 is 28.8 Å². The Labute approximate surface area is 174 Å². The summed E-state index contributed by atoms with van der Waals surface area (Å²) in [6, 6.07) is 5.55. The number of hydrogen-bond donors (Lipinski definition) is 0. The number of benzene rings is 1. The Balaban J connectivity index is 1.78. The topological polar surface area (TPSA) is 113 Å². The van der Waals surface area contributed by atoms with Crippen molar-refractivity contribution in [3.05, 3.63) is 51.1 Å². The molecule has 1 atom stereocenters. The molecule has 0 aromatic heterocycles. The number of fused-ring (bicyclic) bond motifs is 1. The van der Waals surface area contributed by atoms with E-state index in [1.54, 1.807) is 0 Å². The molecule has 0 aliphatic heterocycles. The number of nitro groups is 1. The number of non-ortho nitro benzene ring substituents is 1. The number of allylic oxidation sites excluding steroid dienone is 2. The highest BCUT2D eigenvalue weighted by Gasteiger charge is 2.63. The molecule has 0 bridgehead atoms. The van der Waals surface area contributed by atoms with Crippen LogP contribution in [0.5, 0.6) is 0 Å². The van der Waals surface area contributed by atoms with Gasteiger partial charge in [0.15, 0.2) is 11.2 Å². The van der Waals surface area contributed by atoms with Crippen molar-refractivity contribution in [1.29, 1.82) is 0 Å². The first-order chi connectivity index (χ1) is 14.1. The lowest BCUT2D eigenvalue weighted by atomic mass is 9.58. The Morgan fingerprint density at radius 1 is 1.10 bits per heavy atom. The van der Waals surface area contributed by atoms with Crippen LogP contribution in [0.4, 0.5) is 5.69 Å². The van der Waals surface area contributed by atoms with E-state index in [9.17, 15) is 24.5 Å². The summed E-state index contributed by atoms with van der Waals surface area (Å²) in [5, 5.41) is 10.8. The molecule has 160 valence electrons. The van der Waals surface area contributed by atoms with Crippen molar-refractivity contribution in [2.75, 3.05) is 14.2 Å². The molecule has 0 radical (unpaired) electrons. The van der Waals surface area contributed by atoms with E-state index in [-0.39, 0.29) is 35.6 Å². The second-order valence-corrected chi connectivity index (χ2v) is 8.45. The monoisotopic (exact) mass is 415 g/mol. The number of nitro benzene ring substituents is 1. The molecule has 8 heteroatoms. The number of esters is 2. The summed E-state index contributed by atoms with van der Waals surface area (Å²) in [6.45, 7) is 4.11. The third-order valence-corrected chi connectivity index (χ3v) is 6.66. The maximum atomic E-state index is 12.6. The van der Waals surface area contributed by atoms with E-state index in [4.69, 9.17) is 9.47 Å². The van der Waals surface area contributed by atoms with E-state index < -0.39 is 22.3 Å². The average molecular weight is 415 g/mol. The molecule has 1 aromatic carbocycles. The molecule has 2 aliphatic carbocycles. The second kappa shape index (κ2) is 7.66. The SMILES string of the molecule is COC(=O)C1(C(=O)OC)CC2=C(CCC(=O)c3ccc([N+](=O)[O-])cc3)C(C)(C)C2C1. The first kappa shape index (κ1) is 21.7.